The van der Waals surface area contributed by atoms with Crippen molar-refractivity contribution in [3.05, 3.63) is 100 Å². The van der Waals surface area contributed by atoms with Crippen molar-refractivity contribution in [2.24, 2.45) is 0 Å². The molecule has 174 valence electrons. The molecular weight excluding hydrogens is 444 g/mol. The van der Waals surface area contributed by atoms with Crippen molar-refractivity contribution in [3.63, 3.8) is 0 Å². The lowest BCUT2D eigenvalue weighted by Crippen LogP contribution is -2.33. The number of amides is 1. The molecule has 1 amide bonds. The van der Waals surface area contributed by atoms with E-state index < -0.39 is 0 Å². The normalized spacial score (nSPS) is 15.4. The summed E-state index contributed by atoms with van der Waals surface area (Å²) in [6.07, 6.45) is 1.81. The number of nitrogens with zero attached hydrogens (tertiary/aromatic N) is 1. The lowest BCUT2D eigenvalue weighted by Gasteiger charge is -2.23. The van der Waals surface area contributed by atoms with Crippen molar-refractivity contribution in [3.8, 4) is 11.5 Å². The Labute approximate surface area is 206 Å². The fraction of sp³-hybridized carbons (Fsp3) is 0.214. The van der Waals surface area contributed by atoms with Gasteiger partial charge in [0.15, 0.2) is 5.11 Å². The predicted octanol–water partition coefficient (Wildman–Crippen LogP) is 5.71. The molecule has 34 heavy (non-hydrogen) atoms. The van der Waals surface area contributed by atoms with Crippen LogP contribution < -0.4 is 14.8 Å². The molecule has 1 N–H and O–H groups in total. The van der Waals surface area contributed by atoms with Gasteiger partial charge in [-0.2, -0.15) is 0 Å². The van der Waals surface area contributed by atoms with Gasteiger partial charge in [0.25, 0.3) is 5.91 Å². The molecular formula is C28H28N2O3S. The van der Waals surface area contributed by atoms with Gasteiger partial charge < -0.3 is 14.8 Å². The van der Waals surface area contributed by atoms with Gasteiger partial charge in [0.1, 0.15) is 23.8 Å². The van der Waals surface area contributed by atoms with E-state index in [1.807, 2.05) is 80.6 Å². The van der Waals surface area contributed by atoms with Crippen LogP contribution in [0.2, 0.25) is 0 Å². The highest BCUT2D eigenvalue weighted by atomic mass is 32.1. The van der Waals surface area contributed by atoms with Crippen LogP contribution >= 0.6 is 12.2 Å². The molecule has 1 heterocycles. The number of methoxy groups -OCH3 is 1. The first-order valence-corrected chi connectivity index (χ1v) is 11.6. The second kappa shape index (κ2) is 10.1. The maximum absolute atomic E-state index is 13.2. The quantitative estimate of drug-likeness (QED) is 0.353. The van der Waals surface area contributed by atoms with Crippen LogP contribution in [-0.2, 0) is 11.4 Å². The molecule has 1 aliphatic heterocycles. The highest BCUT2D eigenvalue weighted by Gasteiger charge is 2.34. The van der Waals surface area contributed by atoms with Gasteiger partial charge in [0, 0.05) is 5.56 Å². The highest BCUT2D eigenvalue weighted by molar-refractivity contribution is 7.80. The average Bonchev–Trinajstić information content (AvgIpc) is 3.12. The lowest BCUT2D eigenvalue weighted by atomic mass is 10.1. The van der Waals surface area contributed by atoms with Crippen molar-refractivity contribution in [2.75, 3.05) is 7.11 Å². The van der Waals surface area contributed by atoms with Crippen LogP contribution in [0.5, 0.6) is 11.5 Å². The van der Waals surface area contributed by atoms with Crippen molar-refractivity contribution >= 4 is 29.3 Å². The van der Waals surface area contributed by atoms with Crippen molar-refractivity contribution in [1.82, 2.24) is 10.2 Å². The molecule has 5 nitrogen and oxygen atoms in total. The number of nitrogens with one attached hydrogen (secondary N) is 1. The highest BCUT2D eigenvalue weighted by Crippen LogP contribution is 2.28. The second-order valence-corrected chi connectivity index (χ2v) is 8.69. The average molecular weight is 473 g/mol. The molecule has 0 spiro atoms. The fourth-order valence-electron chi connectivity index (χ4n) is 3.98. The van der Waals surface area contributed by atoms with Crippen LogP contribution in [0.25, 0.3) is 6.08 Å². The first kappa shape index (κ1) is 23.5. The van der Waals surface area contributed by atoms with E-state index in [9.17, 15) is 4.79 Å². The van der Waals surface area contributed by atoms with Gasteiger partial charge in [-0.15, -0.1) is 0 Å². The zero-order valence-electron chi connectivity index (χ0n) is 19.8. The first-order valence-electron chi connectivity index (χ1n) is 11.2. The Balaban J connectivity index is 1.56. The SMILES string of the molecule is COc1ccc(/C=C2\NC(=S)N(C(C)c3ccccc3)C2=O)cc1COc1cccc(C)c1C. The predicted molar refractivity (Wildman–Crippen MR) is 139 cm³/mol. The summed E-state index contributed by atoms with van der Waals surface area (Å²) < 4.78 is 11.6. The standard InChI is InChI=1S/C28H28N2O3S/c1-18-9-8-12-25(19(18)2)33-17-23-15-21(13-14-26(23)32-4)16-24-27(31)30(28(34)29-24)20(3)22-10-6-5-7-11-22/h5-16,20H,17H2,1-4H3,(H,29,34)/b24-16-. The number of carbonyl (C=O) groups is 1. The van der Waals surface area contributed by atoms with Crippen molar-refractivity contribution in [2.45, 2.75) is 33.4 Å². The van der Waals surface area contributed by atoms with E-state index in [4.69, 9.17) is 21.7 Å². The summed E-state index contributed by atoms with van der Waals surface area (Å²) in [6.45, 7) is 6.43. The van der Waals surface area contributed by atoms with E-state index in [1.54, 1.807) is 12.0 Å². The molecule has 1 unspecified atom stereocenters. The molecule has 1 aliphatic rings. The summed E-state index contributed by atoms with van der Waals surface area (Å²) in [4.78, 5) is 14.8. The van der Waals surface area contributed by atoms with Crippen molar-refractivity contribution in [1.29, 1.82) is 0 Å². The molecule has 3 aromatic carbocycles. The Bertz CT molecular complexity index is 1250. The fourth-order valence-corrected chi connectivity index (χ4v) is 4.34. The summed E-state index contributed by atoms with van der Waals surface area (Å²) in [5, 5.41) is 3.48. The Hall–Kier alpha value is -3.64. The van der Waals surface area contributed by atoms with Gasteiger partial charge in [-0.3, -0.25) is 9.69 Å². The summed E-state index contributed by atoms with van der Waals surface area (Å²) in [5.74, 6) is 1.42. The van der Waals surface area contributed by atoms with Crippen LogP contribution in [0.4, 0.5) is 0 Å². The molecule has 4 rings (SSSR count). The molecule has 6 heteroatoms. The minimum atomic E-state index is -0.169. The Morgan fingerprint density at radius 1 is 1.03 bits per heavy atom. The van der Waals surface area contributed by atoms with Gasteiger partial charge in [-0.1, -0.05) is 48.5 Å². The molecule has 3 aromatic rings. The Morgan fingerprint density at radius 3 is 2.53 bits per heavy atom. The number of ether oxygens (including phenoxy) is 2. The third kappa shape index (κ3) is 4.82. The van der Waals surface area contributed by atoms with E-state index >= 15 is 0 Å². The summed E-state index contributed by atoms with van der Waals surface area (Å²) in [5.41, 5.74) is 5.50. The summed E-state index contributed by atoms with van der Waals surface area (Å²) >= 11 is 5.48. The Morgan fingerprint density at radius 2 is 1.79 bits per heavy atom. The third-order valence-corrected chi connectivity index (χ3v) is 6.43. The van der Waals surface area contributed by atoms with Crippen LogP contribution in [0, 0.1) is 13.8 Å². The number of aryl methyl sites for hydroxylation is 1. The van der Waals surface area contributed by atoms with E-state index in [1.165, 1.54) is 5.56 Å². The van der Waals surface area contributed by atoms with E-state index in [2.05, 4.69) is 18.3 Å². The summed E-state index contributed by atoms with van der Waals surface area (Å²) in [6, 6.07) is 21.5. The summed E-state index contributed by atoms with van der Waals surface area (Å²) in [7, 11) is 1.64. The zero-order chi connectivity index (χ0) is 24.2. The third-order valence-electron chi connectivity index (χ3n) is 6.13. The number of hydrogen-bond acceptors (Lipinski definition) is 4. The number of thiocarbonyl (C=S) groups is 1. The van der Waals surface area contributed by atoms with Crippen molar-refractivity contribution < 1.29 is 14.3 Å². The lowest BCUT2D eigenvalue weighted by molar-refractivity contribution is -0.123. The maximum atomic E-state index is 13.2. The monoisotopic (exact) mass is 472 g/mol. The Kier molecular flexibility index (Phi) is 6.98. The molecule has 0 radical (unpaired) electrons. The zero-order valence-corrected chi connectivity index (χ0v) is 20.6. The molecule has 1 saturated heterocycles. The maximum Gasteiger partial charge on any atom is 0.277 e. The van der Waals surface area contributed by atoms with Gasteiger partial charge in [-0.25, -0.2) is 0 Å². The molecule has 0 bridgehead atoms. The van der Waals surface area contributed by atoms with Crippen LogP contribution in [-0.4, -0.2) is 23.0 Å². The van der Waals surface area contributed by atoms with E-state index in [0.717, 1.165) is 33.8 Å². The van der Waals surface area contributed by atoms with Gasteiger partial charge >= 0.3 is 0 Å². The minimum absolute atomic E-state index is 0.148. The number of carbonyl (C=O) groups excluding carboxylic acids is 1. The minimum Gasteiger partial charge on any atom is -0.496 e. The van der Waals surface area contributed by atoms with Crippen LogP contribution in [0.15, 0.2) is 72.4 Å². The number of benzene rings is 3. The first-order chi connectivity index (χ1) is 16.4. The number of rotatable bonds is 7. The van der Waals surface area contributed by atoms with Crippen LogP contribution in [0.3, 0.4) is 0 Å². The van der Waals surface area contributed by atoms with Gasteiger partial charge in [0.2, 0.25) is 0 Å². The van der Waals surface area contributed by atoms with E-state index in [0.29, 0.717) is 17.4 Å². The van der Waals surface area contributed by atoms with Gasteiger partial charge in [-0.05, 0) is 79.5 Å². The van der Waals surface area contributed by atoms with E-state index in [-0.39, 0.29) is 11.9 Å². The largest absolute Gasteiger partial charge is 0.496 e. The molecule has 1 fully saturated rings. The number of hydrogen-bond donors (Lipinski definition) is 1. The molecule has 0 aliphatic carbocycles. The van der Waals surface area contributed by atoms with Crippen LogP contribution in [0.1, 0.15) is 40.8 Å². The molecule has 0 saturated carbocycles. The molecule has 0 aromatic heterocycles. The van der Waals surface area contributed by atoms with Gasteiger partial charge in [0.05, 0.1) is 13.2 Å². The topological polar surface area (TPSA) is 50.8 Å². The second-order valence-electron chi connectivity index (χ2n) is 8.31. The molecule has 1 atom stereocenters. The smallest absolute Gasteiger partial charge is 0.277 e.